The second-order valence-corrected chi connectivity index (χ2v) is 6.27. The number of oxazole rings is 1. The topological polar surface area (TPSA) is 66.7 Å². The monoisotopic (exact) mass is 341 g/mol. The van der Waals surface area contributed by atoms with Crippen LogP contribution in [-0.4, -0.2) is 53.3 Å². The maximum Gasteiger partial charge on any atom is 0.228 e. The lowest BCUT2D eigenvalue weighted by molar-refractivity contribution is -0.134. The van der Waals surface area contributed by atoms with Crippen LogP contribution in [0.15, 0.2) is 28.7 Å². The van der Waals surface area contributed by atoms with Gasteiger partial charge in [0.15, 0.2) is 0 Å². The van der Waals surface area contributed by atoms with Gasteiger partial charge in [0.1, 0.15) is 5.76 Å². The normalized spacial score (nSPS) is 14.6. The molecule has 0 spiro atoms. The van der Waals surface area contributed by atoms with Gasteiger partial charge < -0.3 is 14.2 Å². The van der Waals surface area contributed by atoms with E-state index in [9.17, 15) is 9.59 Å². The van der Waals surface area contributed by atoms with Gasteiger partial charge in [0, 0.05) is 31.7 Å². The summed E-state index contributed by atoms with van der Waals surface area (Å²) in [5.74, 6) is 1.25. The van der Waals surface area contributed by atoms with E-state index in [1.165, 1.54) is 5.56 Å². The van der Waals surface area contributed by atoms with E-state index in [1.54, 1.807) is 9.80 Å². The molecule has 2 amide bonds. The summed E-state index contributed by atoms with van der Waals surface area (Å²) in [7, 11) is 0. The summed E-state index contributed by atoms with van der Waals surface area (Å²) in [4.78, 5) is 31.2. The van der Waals surface area contributed by atoms with Gasteiger partial charge in [0.25, 0.3) is 0 Å². The molecule has 0 bridgehead atoms. The van der Waals surface area contributed by atoms with Crippen LogP contribution in [0, 0.1) is 6.92 Å². The summed E-state index contributed by atoms with van der Waals surface area (Å²) in [6.45, 7) is 6.26. The predicted molar refractivity (Wildman–Crippen MR) is 94.0 cm³/mol. The van der Waals surface area contributed by atoms with Crippen LogP contribution in [0.25, 0.3) is 11.5 Å². The molecule has 25 heavy (non-hydrogen) atoms. The summed E-state index contributed by atoms with van der Waals surface area (Å²) >= 11 is 0. The molecular formula is C19H23N3O3. The maximum atomic E-state index is 12.5. The van der Waals surface area contributed by atoms with E-state index in [1.807, 2.05) is 19.1 Å². The average molecular weight is 341 g/mol. The lowest BCUT2D eigenvalue weighted by Gasteiger charge is -2.32. The summed E-state index contributed by atoms with van der Waals surface area (Å²) < 4.78 is 5.76. The van der Waals surface area contributed by atoms with Crippen LogP contribution in [0.1, 0.15) is 23.9 Å². The van der Waals surface area contributed by atoms with E-state index >= 15 is 0 Å². The zero-order valence-corrected chi connectivity index (χ0v) is 14.7. The molecule has 0 aliphatic carbocycles. The summed E-state index contributed by atoms with van der Waals surface area (Å²) in [6, 6.07) is 8.11. The second-order valence-electron chi connectivity index (χ2n) is 6.27. The Hall–Kier alpha value is -2.63. The lowest BCUT2D eigenvalue weighted by Crippen LogP contribution is -2.48. The second kappa shape index (κ2) is 7.51. The minimum atomic E-state index is 0.0230. The first-order valence-electron chi connectivity index (χ1n) is 8.63. The van der Waals surface area contributed by atoms with Crippen molar-refractivity contribution < 1.29 is 14.0 Å². The number of benzene rings is 1. The quantitative estimate of drug-likeness (QED) is 0.781. The van der Waals surface area contributed by atoms with Crippen molar-refractivity contribution in [1.29, 1.82) is 0 Å². The van der Waals surface area contributed by atoms with Gasteiger partial charge in [-0.25, -0.2) is 4.98 Å². The number of hydrogen-bond acceptors (Lipinski definition) is 4. The number of piperazine rings is 1. The van der Waals surface area contributed by atoms with E-state index in [2.05, 4.69) is 24.0 Å². The Morgan fingerprint density at radius 1 is 1.20 bits per heavy atom. The standard InChI is InChI=1S/C19H23N3O3/c1-3-15-4-6-16(7-5-15)19-20-17(14(2)25-19)12-18(24)22-10-8-21(13-23)9-11-22/h4-7,13H,3,8-12H2,1-2H3. The van der Waals surface area contributed by atoms with Gasteiger partial charge in [-0.15, -0.1) is 0 Å². The van der Waals surface area contributed by atoms with Crippen molar-refractivity contribution in [3.63, 3.8) is 0 Å². The van der Waals surface area contributed by atoms with E-state index in [0.29, 0.717) is 43.5 Å². The molecular weight excluding hydrogens is 318 g/mol. The van der Waals surface area contributed by atoms with Crippen molar-refractivity contribution in [3.8, 4) is 11.5 Å². The molecule has 0 N–H and O–H groups in total. The Bertz CT molecular complexity index is 744. The third-order valence-electron chi connectivity index (χ3n) is 4.64. The van der Waals surface area contributed by atoms with Crippen LogP contribution < -0.4 is 0 Å². The molecule has 1 aromatic heterocycles. The highest BCUT2D eigenvalue weighted by molar-refractivity contribution is 5.79. The summed E-state index contributed by atoms with van der Waals surface area (Å²) in [5, 5.41) is 0. The number of hydrogen-bond donors (Lipinski definition) is 0. The zero-order chi connectivity index (χ0) is 17.8. The number of carbonyl (C=O) groups excluding carboxylic acids is 2. The molecule has 1 saturated heterocycles. The van der Waals surface area contributed by atoms with Crippen molar-refractivity contribution in [2.24, 2.45) is 0 Å². The van der Waals surface area contributed by atoms with Crippen molar-refractivity contribution in [3.05, 3.63) is 41.3 Å². The minimum Gasteiger partial charge on any atom is -0.441 e. The number of amides is 2. The smallest absolute Gasteiger partial charge is 0.228 e. The van der Waals surface area contributed by atoms with Crippen LogP contribution in [0.4, 0.5) is 0 Å². The van der Waals surface area contributed by atoms with E-state index in [0.717, 1.165) is 18.4 Å². The largest absolute Gasteiger partial charge is 0.441 e. The predicted octanol–water partition coefficient (Wildman–Crippen LogP) is 2.06. The first-order chi connectivity index (χ1) is 12.1. The molecule has 3 rings (SSSR count). The Morgan fingerprint density at radius 3 is 2.48 bits per heavy atom. The number of carbonyl (C=O) groups is 2. The highest BCUT2D eigenvalue weighted by Crippen LogP contribution is 2.23. The number of rotatable bonds is 5. The molecule has 6 nitrogen and oxygen atoms in total. The molecule has 1 aromatic carbocycles. The van der Waals surface area contributed by atoms with Gasteiger partial charge in [-0.2, -0.15) is 0 Å². The van der Waals surface area contributed by atoms with E-state index in [4.69, 9.17) is 4.42 Å². The molecule has 2 aromatic rings. The molecule has 0 radical (unpaired) electrons. The van der Waals surface area contributed by atoms with Crippen molar-refractivity contribution in [1.82, 2.24) is 14.8 Å². The molecule has 132 valence electrons. The molecule has 1 aliphatic rings. The van der Waals surface area contributed by atoms with Crippen molar-refractivity contribution in [2.45, 2.75) is 26.7 Å². The Morgan fingerprint density at radius 2 is 1.88 bits per heavy atom. The number of nitrogens with zero attached hydrogens (tertiary/aromatic N) is 3. The fourth-order valence-electron chi connectivity index (χ4n) is 2.93. The molecule has 0 unspecified atom stereocenters. The summed E-state index contributed by atoms with van der Waals surface area (Å²) in [5.41, 5.74) is 2.85. The van der Waals surface area contributed by atoms with Crippen LogP contribution in [0.3, 0.4) is 0 Å². The van der Waals surface area contributed by atoms with E-state index in [-0.39, 0.29) is 12.3 Å². The van der Waals surface area contributed by atoms with Gasteiger partial charge in [0.2, 0.25) is 18.2 Å². The third kappa shape index (κ3) is 3.90. The fraction of sp³-hybridized carbons (Fsp3) is 0.421. The Labute approximate surface area is 147 Å². The van der Waals surface area contributed by atoms with Crippen LogP contribution in [0.2, 0.25) is 0 Å². The van der Waals surface area contributed by atoms with Gasteiger partial charge in [-0.3, -0.25) is 9.59 Å². The highest BCUT2D eigenvalue weighted by atomic mass is 16.4. The van der Waals surface area contributed by atoms with Crippen molar-refractivity contribution >= 4 is 12.3 Å². The molecule has 0 saturated carbocycles. The lowest BCUT2D eigenvalue weighted by atomic mass is 10.1. The Balaban J connectivity index is 1.68. The number of aryl methyl sites for hydroxylation is 2. The van der Waals surface area contributed by atoms with Crippen LogP contribution in [-0.2, 0) is 22.4 Å². The number of aromatic nitrogens is 1. The van der Waals surface area contributed by atoms with Crippen molar-refractivity contribution in [2.75, 3.05) is 26.2 Å². The molecule has 2 heterocycles. The van der Waals surface area contributed by atoms with Gasteiger partial charge >= 0.3 is 0 Å². The average Bonchev–Trinajstić information content (AvgIpc) is 3.02. The maximum absolute atomic E-state index is 12.5. The van der Waals surface area contributed by atoms with Crippen LogP contribution >= 0.6 is 0 Å². The van der Waals surface area contributed by atoms with Crippen LogP contribution in [0.5, 0.6) is 0 Å². The zero-order valence-electron chi connectivity index (χ0n) is 14.7. The van der Waals surface area contributed by atoms with Gasteiger partial charge in [-0.05, 0) is 31.0 Å². The molecule has 1 fully saturated rings. The Kier molecular flexibility index (Phi) is 5.16. The first kappa shape index (κ1) is 17.2. The molecule has 0 atom stereocenters. The van der Waals surface area contributed by atoms with E-state index < -0.39 is 0 Å². The molecule has 6 heteroatoms. The fourth-order valence-corrected chi connectivity index (χ4v) is 2.93. The SMILES string of the molecule is CCc1ccc(-c2nc(CC(=O)N3CCN(C=O)CC3)c(C)o2)cc1. The highest BCUT2D eigenvalue weighted by Gasteiger charge is 2.22. The third-order valence-corrected chi connectivity index (χ3v) is 4.64. The minimum absolute atomic E-state index is 0.0230. The molecule has 1 aliphatic heterocycles. The summed E-state index contributed by atoms with van der Waals surface area (Å²) in [6.07, 6.45) is 2.05. The van der Waals surface area contributed by atoms with Gasteiger partial charge in [0.05, 0.1) is 12.1 Å². The first-order valence-corrected chi connectivity index (χ1v) is 8.63. The van der Waals surface area contributed by atoms with Gasteiger partial charge in [-0.1, -0.05) is 19.1 Å².